The highest BCUT2D eigenvalue weighted by Crippen LogP contribution is 2.46. The fourth-order valence-corrected chi connectivity index (χ4v) is 8.11. The Bertz CT molecular complexity index is 1320. The van der Waals surface area contributed by atoms with Crippen LogP contribution in [-0.2, 0) is 21.7 Å². The van der Waals surface area contributed by atoms with E-state index in [1.165, 1.54) is 12.1 Å². The molecule has 2 aromatic rings. The number of nitrogens with two attached hydrogens (primary N) is 1. The zero-order chi connectivity index (χ0) is 24.9. The third-order valence-electron chi connectivity index (χ3n) is 6.67. The first-order valence-electron chi connectivity index (χ1n) is 11.0. The molecule has 2 aliphatic rings. The molecule has 0 bridgehead atoms. The summed E-state index contributed by atoms with van der Waals surface area (Å²) in [6, 6.07) is 3.59. The van der Waals surface area contributed by atoms with E-state index in [9.17, 15) is 13.4 Å². The number of nitrogens with zero attached hydrogens (tertiary/aromatic N) is 4. The molecular weight excluding hydrogens is 484 g/mol. The Morgan fingerprint density at radius 1 is 1.26 bits per heavy atom. The van der Waals surface area contributed by atoms with Gasteiger partial charge in [-0.3, -0.25) is 14.8 Å². The minimum atomic E-state index is -2.92. The molecule has 2 aromatic heterocycles. The van der Waals surface area contributed by atoms with Crippen molar-refractivity contribution in [3.8, 4) is 0 Å². The van der Waals surface area contributed by atoms with Crippen molar-refractivity contribution in [1.82, 2.24) is 9.97 Å². The molecule has 3 atom stereocenters. The van der Waals surface area contributed by atoms with Crippen molar-refractivity contribution < 1.29 is 17.8 Å². The molecule has 0 unspecified atom stereocenters. The number of pyridine rings is 2. The summed E-state index contributed by atoms with van der Waals surface area (Å²) in [5, 5.41) is -0.725. The summed E-state index contributed by atoms with van der Waals surface area (Å²) in [5.74, 6) is -1.67. The van der Waals surface area contributed by atoms with Crippen molar-refractivity contribution in [2.24, 2.45) is 15.1 Å². The first kappa shape index (κ1) is 24.7. The Labute approximate surface area is 202 Å². The van der Waals surface area contributed by atoms with Gasteiger partial charge in [0.25, 0.3) is 0 Å². The lowest BCUT2D eigenvalue weighted by atomic mass is 9.88. The first-order valence-corrected chi connectivity index (χ1v) is 12.9. The highest BCUT2D eigenvalue weighted by molar-refractivity contribution is 7.96. The van der Waals surface area contributed by atoms with Crippen molar-refractivity contribution >= 4 is 32.9 Å². The molecule has 2 aliphatic heterocycles. The third kappa shape index (κ3) is 3.90. The number of amidine groups is 1. The fraction of sp³-hybridized carbons (Fsp3) is 0.478. The zero-order valence-electron chi connectivity index (χ0n) is 19.1. The van der Waals surface area contributed by atoms with Crippen LogP contribution >= 0.6 is 11.6 Å². The largest absolute Gasteiger partial charge is 0.386 e. The zero-order valence-corrected chi connectivity index (χ0v) is 20.7. The maximum Gasteiger partial charge on any atom is 0.188 e. The second-order valence-corrected chi connectivity index (χ2v) is 12.7. The molecule has 0 radical (unpaired) electrons. The summed E-state index contributed by atoms with van der Waals surface area (Å²) in [4.78, 5) is 25.6. The fourth-order valence-electron chi connectivity index (χ4n) is 4.62. The molecule has 4 heterocycles. The van der Waals surface area contributed by atoms with Crippen LogP contribution in [0.25, 0.3) is 0 Å². The quantitative estimate of drug-likeness (QED) is 0.620. The Morgan fingerprint density at radius 3 is 2.71 bits per heavy atom. The average molecular weight is 510 g/mol. The van der Waals surface area contributed by atoms with Gasteiger partial charge in [0.2, 0.25) is 0 Å². The molecular formula is C23H26ClF2N5O2S. The topological polar surface area (TPSA) is 111 Å². The molecule has 0 spiro atoms. The number of carbonyl (C=O) groups is 1. The number of ketones is 1. The van der Waals surface area contributed by atoms with Gasteiger partial charge in [-0.05, 0) is 51.8 Å². The number of carbonyl (C=O) groups excluding carboxylic acids is 1. The maximum atomic E-state index is 15.2. The Morgan fingerprint density at radius 2 is 2.00 bits per heavy atom. The second kappa shape index (κ2) is 8.64. The van der Waals surface area contributed by atoms with Crippen LogP contribution in [0.1, 0.15) is 61.9 Å². The Balaban J connectivity index is 1.80. The molecule has 0 saturated carbocycles. The van der Waals surface area contributed by atoms with Gasteiger partial charge in [-0.15, -0.1) is 0 Å². The van der Waals surface area contributed by atoms with Gasteiger partial charge in [-0.1, -0.05) is 18.0 Å². The second-order valence-electron chi connectivity index (χ2n) is 9.28. The molecule has 4 rings (SSSR count). The first-order chi connectivity index (χ1) is 15.9. The summed E-state index contributed by atoms with van der Waals surface area (Å²) in [6.45, 7) is 5.63. The van der Waals surface area contributed by atoms with Crippen LogP contribution in [0.5, 0.6) is 0 Å². The molecule has 2 N–H and O–H groups in total. The number of fused-ring (bicyclic) bond motifs is 1. The number of Topliss-reactive ketones (excluding diaryl/α,β-unsaturated/α-hetero) is 1. The van der Waals surface area contributed by atoms with Crippen molar-refractivity contribution in [2.75, 3.05) is 6.54 Å². The Hall–Kier alpha value is -2.46. The Kier molecular flexibility index (Phi) is 6.27. The van der Waals surface area contributed by atoms with E-state index in [1.54, 1.807) is 20.8 Å². The van der Waals surface area contributed by atoms with Crippen molar-refractivity contribution in [2.45, 2.75) is 62.0 Å². The standard InChI is InChI=1S/C23H26ClF2N5O2S/c1-22(2)21(27)31-23(3,18-6-4-5-9-29-34(18,22)33)20-16(26)8-7-14(30-20)11-17(32)19-15(24)10-13(25)12-28-19/h7-8,10,12,18H,4-6,9,11H2,1-3H3,(H2,27,31)/t18-,23-,34-/m0/s1. The van der Waals surface area contributed by atoms with Crippen LogP contribution in [0.3, 0.4) is 0 Å². The molecule has 0 fully saturated rings. The molecule has 182 valence electrons. The highest BCUT2D eigenvalue weighted by Gasteiger charge is 2.56. The van der Waals surface area contributed by atoms with E-state index in [0.717, 1.165) is 25.1 Å². The van der Waals surface area contributed by atoms with E-state index < -0.39 is 42.7 Å². The van der Waals surface area contributed by atoms with Crippen LogP contribution < -0.4 is 5.73 Å². The lowest BCUT2D eigenvalue weighted by molar-refractivity contribution is 0.0987. The lowest BCUT2D eigenvalue weighted by Gasteiger charge is -2.46. The van der Waals surface area contributed by atoms with Crippen molar-refractivity contribution in [1.29, 1.82) is 0 Å². The van der Waals surface area contributed by atoms with E-state index in [4.69, 9.17) is 17.3 Å². The number of rotatable bonds is 4. The van der Waals surface area contributed by atoms with Crippen LogP contribution in [0.4, 0.5) is 8.78 Å². The molecule has 0 aromatic carbocycles. The van der Waals surface area contributed by atoms with Crippen LogP contribution in [-0.4, -0.2) is 42.3 Å². The molecule has 0 saturated heterocycles. The predicted octanol–water partition coefficient (Wildman–Crippen LogP) is 4.22. The lowest BCUT2D eigenvalue weighted by Crippen LogP contribution is -2.59. The SMILES string of the molecule is CC1(C)C(N)=N[C@](C)(c2nc(CC(=O)c3ncc(F)cc3Cl)ccc2F)[C@@H]2CCCCN=[S@]21=O. The van der Waals surface area contributed by atoms with E-state index >= 15 is 4.39 Å². The normalized spacial score (nSPS) is 28.3. The van der Waals surface area contributed by atoms with E-state index in [0.29, 0.717) is 13.0 Å². The molecule has 0 aliphatic carbocycles. The maximum absolute atomic E-state index is 15.2. The monoisotopic (exact) mass is 509 g/mol. The van der Waals surface area contributed by atoms with Gasteiger partial charge in [0.15, 0.2) is 5.78 Å². The molecule has 34 heavy (non-hydrogen) atoms. The number of aliphatic imine (C=N–C) groups is 1. The summed E-state index contributed by atoms with van der Waals surface area (Å²) < 4.78 is 46.4. The van der Waals surface area contributed by atoms with E-state index in [1.807, 2.05) is 0 Å². The predicted molar refractivity (Wildman–Crippen MR) is 128 cm³/mol. The summed E-state index contributed by atoms with van der Waals surface area (Å²) in [7, 11) is -2.92. The summed E-state index contributed by atoms with van der Waals surface area (Å²) >= 11 is 5.96. The minimum Gasteiger partial charge on any atom is -0.386 e. The summed E-state index contributed by atoms with van der Waals surface area (Å²) in [6.07, 6.45) is 2.72. The molecule has 0 amide bonds. The number of hydrogen-bond donors (Lipinski definition) is 1. The third-order valence-corrected chi connectivity index (χ3v) is 10.7. The van der Waals surface area contributed by atoms with Gasteiger partial charge < -0.3 is 5.73 Å². The number of aromatic nitrogens is 2. The van der Waals surface area contributed by atoms with Gasteiger partial charge in [0.1, 0.15) is 39.1 Å². The van der Waals surface area contributed by atoms with Gasteiger partial charge in [-0.2, -0.15) is 0 Å². The smallest absolute Gasteiger partial charge is 0.188 e. The van der Waals surface area contributed by atoms with Gasteiger partial charge in [0.05, 0.1) is 32.6 Å². The average Bonchev–Trinajstić information content (AvgIpc) is 2.97. The minimum absolute atomic E-state index is 0.0377. The van der Waals surface area contributed by atoms with Crippen molar-refractivity contribution in [3.63, 3.8) is 0 Å². The van der Waals surface area contributed by atoms with Gasteiger partial charge in [-0.25, -0.2) is 22.3 Å². The van der Waals surface area contributed by atoms with Crippen LogP contribution in [0.15, 0.2) is 33.8 Å². The van der Waals surface area contributed by atoms with Crippen LogP contribution in [0.2, 0.25) is 5.02 Å². The number of hydrogen-bond acceptors (Lipinski definition) is 7. The van der Waals surface area contributed by atoms with Crippen molar-refractivity contribution in [3.05, 3.63) is 58.1 Å². The van der Waals surface area contributed by atoms with Gasteiger partial charge in [0, 0.05) is 12.2 Å². The number of halogens is 3. The molecule has 7 nitrogen and oxygen atoms in total. The van der Waals surface area contributed by atoms with E-state index in [2.05, 4.69) is 19.3 Å². The molecule has 11 heteroatoms. The van der Waals surface area contributed by atoms with E-state index in [-0.39, 0.29) is 34.4 Å². The van der Waals surface area contributed by atoms with Crippen LogP contribution in [0, 0.1) is 11.6 Å². The summed E-state index contributed by atoms with van der Waals surface area (Å²) in [5.41, 5.74) is 5.07. The highest BCUT2D eigenvalue weighted by atomic mass is 35.5. The van der Waals surface area contributed by atoms with Gasteiger partial charge >= 0.3 is 0 Å².